The van der Waals surface area contributed by atoms with Gasteiger partial charge < -0.3 is 4.74 Å². The lowest BCUT2D eigenvalue weighted by atomic mass is 9.77. The zero-order valence-corrected chi connectivity index (χ0v) is 17.5. The fourth-order valence-electron chi connectivity index (χ4n) is 5.44. The van der Waals surface area contributed by atoms with E-state index in [1.807, 2.05) is 36.4 Å². The minimum atomic E-state index is -2.02. The number of hydrogen-bond donors (Lipinski definition) is 0. The Morgan fingerprint density at radius 2 is 1.24 bits per heavy atom. The van der Waals surface area contributed by atoms with Crippen molar-refractivity contribution in [3.05, 3.63) is 107 Å². The predicted octanol–water partition coefficient (Wildman–Crippen LogP) is 3.38. The van der Waals surface area contributed by atoms with Crippen LogP contribution in [0.25, 0.3) is 0 Å². The van der Waals surface area contributed by atoms with Gasteiger partial charge >= 0.3 is 0 Å². The molecule has 162 valence electrons. The molecule has 0 bridgehead atoms. The van der Waals surface area contributed by atoms with Gasteiger partial charge in [0.2, 0.25) is 29.0 Å². The third-order valence-corrected chi connectivity index (χ3v) is 6.92. The highest BCUT2D eigenvalue weighted by Gasteiger charge is 2.74. The average Bonchev–Trinajstić information content (AvgIpc) is 3.42. The lowest BCUT2D eigenvalue weighted by Gasteiger charge is -2.27. The standard InChI is InChI=1S/C27H19NO5/c29-23-18-13-7-8-14-19(18)24(30)27(23)21-20(22(33-27)17-11-5-2-6-12-17)25(31)28(26(21)32)15-16-9-3-1-4-10-16/h1-14,20-22H,15H2/t20-,21-,22+/m0/s1. The Hall–Kier alpha value is -3.90. The van der Waals surface area contributed by atoms with Gasteiger partial charge in [-0.15, -0.1) is 0 Å². The van der Waals surface area contributed by atoms with Crippen molar-refractivity contribution in [2.24, 2.45) is 11.8 Å². The molecule has 2 aliphatic heterocycles. The van der Waals surface area contributed by atoms with Crippen molar-refractivity contribution in [1.82, 2.24) is 4.90 Å². The van der Waals surface area contributed by atoms with Crippen molar-refractivity contribution >= 4 is 23.4 Å². The second kappa shape index (κ2) is 7.05. The zero-order valence-electron chi connectivity index (χ0n) is 17.5. The topological polar surface area (TPSA) is 80.8 Å². The number of fused-ring (bicyclic) bond motifs is 3. The Kier molecular flexibility index (Phi) is 4.22. The maximum absolute atomic E-state index is 13.7. The summed E-state index contributed by atoms with van der Waals surface area (Å²) in [5.41, 5.74) is -0.109. The molecule has 1 spiro atoms. The van der Waals surface area contributed by atoms with Crippen molar-refractivity contribution in [2.45, 2.75) is 18.2 Å². The smallest absolute Gasteiger partial charge is 0.237 e. The lowest BCUT2D eigenvalue weighted by Crippen LogP contribution is -2.50. The van der Waals surface area contributed by atoms with Crippen molar-refractivity contribution in [3.8, 4) is 0 Å². The normalized spacial score (nSPS) is 25.1. The number of hydrogen-bond acceptors (Lipinski definition) is 5. The molecule has 6 heteroatoms. The molecular formula is C27H19NO5. The molecule has 3 aromatic rings. The van der Waals surface area contributed by atoms with Gasteiger partial charge in [0.1, 0.15) is 0 Å². The number of nitrogens with zero attached hydrogens (tertiary/aromatic N) is 1. The Bertz CT molecular complexity index is 1280. The highest BCUT2D eigenvalue weighted by Crippen LogP contribution is 2.57. The van der Waals surface area contributed by atoms with Crippen LogP contribution < -0.4 is 0 Å². The second-order valence-corrected chi connectivity index (χ2v) is 8.64. The van der Waals surface area contributed by atoms with Crippen molar-refractivity contribution < 1.29 is 23.9 Å². The van der Waals surface area contributed by atoms with E-state index in [4.69, 9.17) is 4.74 Å². The van der Waals surface area contributed by atoms with E-state index < -0.39 is 46.9 Å². The molecule has 0 saturated carbocycles. The summed E-state index contributed by atoms with van der Waals surface area (Å²) < 4.78 is 6.24. The highest BCUT2D eigenvalue weighted by molar-refractivity contribution is 6.35. The number of carbonyl (C=O) groups is 4. The lowest BCUT2D eigenvalue weighted by molar-refractivity contribution is -0.145. The number of carbonyl (C=O) groups excluding carboxylic acids is 4. The minimum Gasteiger partial charge on any atom is -0.349 e. The summed E-state index contributed by atoms with van der Waals surface area (Å²) in [6, 6.07) is 24.7. The molecule has 0 aromatic heterocycles. The molecule has 0 N–H and O–H groups in total. The van der Waals surface area contributed by atoms with E-state index in [0.717, 1.165) is 5.56 Å². The first-order valence-electron chi connectivity index (χ1n) is 10.8. The monoisotopic (exact) mass is 437 g/mol. The molecule has 2 amide bonds. The summed E-state index contributed by atoms with van der Waals surface area (Å²) in [6.07, 6.45) is -0.879. The summed E-state index contributed by atoms with van der Waals surface area (Å²) in [5.74, 6) is -4.20. The van der Waals surface area contributed by atoms with Crippen molar-refractivity contribution in [3.63, 3.8) is 0 Å². The quantitative estimate of drug-likeness (QED) is 0.464. The molecule has 1 aliphatic carbocycles. The first-order chi connectivity index (χ1) is 16.0. The summed E-state index contributed by atoms with van der Waals surface area (Å²) in [7, 11) is 0. The van der Waals surface area contributed by atoms with Crippen LogP contribution in [0.4, 0.5) is 0 Å². The van der Waals surface area contributed by atoms with Gasteiger partial charge in [-0.1, -0.05) is 84.9 Å². The summed E-state index contributed by atoms with van der Waals surface area (Å²) in [5, 5.41) is 0. The van der Waals surface area contributed by atoms with Crippen LogP contribution in [-0.2, 0) is 20.9 Å². The summed E-state index contributed by atoms with van der Waals surface area (Å²) in [6.45, 7) is 0.0818. The molecule has 2 fully saturated rings. The Morgan fingerprint density at radius 1 is 0.697 bits per heavy atom. The molecule has 6 rings (SSSR count). The van der Waals surface area contributed by atoms with Gasteiger partial charge in [-0.05, 0) is 11.1 Å². The predicted molar refractivity (Wildman–Crippen MR) is 117 cm³/mol. The molecule has 3 aliphatic rings. The van der Waals surface area contributed by atoms with E-state index in [9.17, 15) is 19.2 Å². The number of ether oxygens (including phenoxy) is 1. The number of benzene rings is 3. The molecular weight excluding hydrogens is 418 g/mol. The van der Waals surface area contributed by atoms with Crippen LogP contribution in [-0.4, -0.2) is 33.9 Å². The largest absolute Gasteiger partial charge is 0.349 e. The van der Waals surface area contributed by atoms with E-state index >= 15 is 0 Å². The first kappa shape index (κ1) is 19.8. The third kappa shape index (κ3) is 2.58. The van der Waals surface area contributed by atoms with Crippen LogP contribution in [0.1, 0.15) is 37.9 Å². The molecule has 6 nitrogen and oxygen atoms in total. The van der Waals surface area contributed by atoms with Crippen LogP contribution in [0.2, 0.25) is 0 Å². The Morgan fingerprint density at radius 3 is 1.85 bits per heavy atom. The number of amides is 2. The van der Waals surface area contributed by atoms with Crippen LogP contribution in [0, 0.1) is 11.8 Å². The molecule has 2 saturated heterocycles. The van der Waals surface area contributed by atoms with Crippen molar-refractivity contribution in [2.75, 3.05) is 0 Å². The fraction of sp³-hybridized carbons (Fsp3) is 0.185. The zero-order chi connectivity index (χ0) is 22.7. The van der Waals surface area contributed by atoms with Gasteiger partial charge in [-0.25, -0.2) is 0 Å². The molecule has 2 heterocycles. The summed E-state index contributed by atoms with van der Waals surface area (Å²) in [4.78, 5) is 55.8. The number of ketones is 2. The number of imide groups is 1. The maximum Gasteiger partial charge on any atom is 0.237 e. The van der Waals surface area contributed by atoms with Crippen LogP contribution in [0.3, 0.4) is 0 Å². The van der Waals surface area contributed by atoms with E-state index in [1.165, 1.54) is 4.90 Å². The first-order valence-corrected chi connectivity index (χ1v) is 10.8. The van der Waals surface area contributed by atoms with Gasteiger partial charge in [0, 0.05) is 11.1 Å². The van der Waals surface area contributed by atoms with E-state index in [0.29, 0.717) is 5.56 Å². The molecule has 0 unspecified atom stereocenters. The van der Waals surface area contributed by atoms with Gasteiger partial charge in [-0.3, -0.25) is 24.1 Å². The van der Waals surface area contributed by atoms with Gasteiger partial charge in [0.15, 0.2) is 0 Å². The van der Waals surface area contributed by atoms with E-state index in [-0.39, 0.29) is 17.7 Å². The Labute approximate surface area is 189 Å². The SMILES string of the molecule is O=C1[C@@H]2[C@@H](c3ccccc3)OC3(C(=O)c4ccccc4C3=O)[C@@H]2C(=O)N1Cc1ccccc1. The summed E-state index contributed by atoms with van der Waals surface area (Å²) >= 11 is 0. The molecule has 33 heavy (non-hydrogen) atoms. The minimum absolute atomic E-state index is 0.0818. The van der Waals surface area contributed by atoms with Gasteiger partial charge in [-0.2, -0.15) is 0 Å². The number of Topliss-reactive ketones (excluding diaryl/α,β-unsaturated/α-hetero) is 2. The average molecular weight is 437 g/mol. The van der Waals surface area contributed by atoms with Gasteiger partial charge in [0.05, 0.1) is 24.5 Å². The highest BCUT2D eigenvalue weighted by atomic mass is 16.5. The Balaban J connectivity index is 1.50. The number of likely N-dealkylation sites (tertiary alicyclic amines) is 1. The van der Waals surface area contributed by atoms with Gasteiger partial charge in [0.25, 0.3) is 0 Å². The molecule has 3 atom stereocenters. The van der Waals surface area contributed by atoms with E-state index in [2.05, 4.69) is 0 Å². The third-order valence-electron chi connectivity index (χ3n) is 6.92. The number of rotatable bonds is 3. The van der Waals surface area contributed by atoms with E-state index in [1.54, 1.807) is 48.5 Å². The van der Waals surface area contributed by atoms with Crippen LogP contribution >= 0.6 is 0 Å². The second-order valence-electron chi connectivity index (χ2n) is 8.64. The van der Waals surface area contributed by atoms with Crippen molar-refractivity contribution in [1.29, 1.82) is 0 Å². The van der Waals surface area contributed by atoms with Crippen LogP contribution in [0.15, 0.2) is 84.9 Å². The molecule has 0 radical (unpaired) electrons. The maximum atomic E-state index is 13.7. The fourth-order valence-corrected chi connectivity index (χ4v) is 5.44. The van der Waals surface area contributed by atoms with Crippen LogP contribution in [0.5, 0.6) is 0 Å². The molecule has 3 aromatic carbocycles.